The summed E-state index contributed by atoms with van der Waals surface area (Å²) in [6.07, 6.45) is 2.14. The van der Waals surface area contributed by atoms with E-state index in [2.05, 4.69) is 62.4 Å². The first-order chi connectivity index (χ1) is 9.78. The number of nitrogens with zero attached hydrogens (tertiary/aromatic N) is 4. The van der Waals surface area contributed by atoms with Crippen LogP contribution in [-0.4, -0.2) is 25.1 Å². The van der Waals surface area contributed by atoms with Gasteiger partial charge >= 0.3 is 0 Å². The second-order valence-electron chi connectivity index (χ2n) is 6.63. The molecule has 0 aliphatic rings. The fourth-order valence-electron chi connectivity index (χ4n) is 2.34. The summed E-state index contributed by atoms with van der Waals surface area (Å²) >= 11 is 0. The third-order valence-corrected chi connectivity index (χ3v) is 3.47. The SMILES string of the molecule is CCn1nc(C)cc1Cn1cc(CNC(C)(C)C)c(C)n1. The molecule has 2 rings (SSSR count). The van der Waals surface area contributed by atoms with Gasteiger partial charge in [-0.15, -0.1) is 0 Å². The highest BCUT2D eigenvalue weighted by Crippen LogP contribution is 2.11. The molecule has 1 N–H and O–H groups in total. The van der Waals surface area contributed by atoms with Crippen LogP contribution >= 0.6 is 0 Å². The molecule has 0 saturated carbocycles. The molecule has 0 aliphatic carbocycles. The normalized spacial score (nSPS) is 12.1. The molecular formula is C16H27N5. The summed E-state index contributed by atoms with van der Waals surface area (Å²) in [6.45, 7) is 15.2. The molecule has 2 aromatic rings. The number of rotatable bonds is 5. The second-order valence-corrected chi connectivity index (χ2v) is 6.63. The molecule has 2 heterocycles. The predicted molar refractivity (Wildman–Crippen MR) is 85.3 cm³/mol. The van der Waals surface area contributed by atoms with Crippen molar-refractivity contribution in [2.75, 3.05) is 0 Å². The van der Waals surface area contributed by atoms with Crippen molar-refractivity contribution in [1.29, 1.82) is 0 Å². The fourth-order valence-corrected chi connectivity index (χ4v) is 2.34. The lowest BCUT2D eigenvalue weighted by atomic mass is 10.1. The average molecular weight is 289 g/mol. The predicted octanol–water partition coefficient (Wildman–Crippen LogP) is 2.65. The van der Waals surface area contributed by atoms with Gasteiger partial charge < -0.3 is 5.32 Å². The second kappa shape index (κ2) is 6.02. The Kier molecular flexibility index (Phi) is 4.52. The zero-order valence-corrected chi connectivity index (χ0v) is 14.1. The Bertz CT molecular complexity index is 601. The summed E-state index contributed by atoms with van der Waals surface area (Å²) in [4.78, 5) is 0. The molecule has 21 heavy (non-hydrogen) atoms. The Hall–Kier alpha value is -1.62. The quantitative estimate of drug-likeness (QED) is 0.920. The van der Waals surface area contributed by atoms with Gasteiger partial charge in [0, 0.05) is 30.4 Å². The maximum Gasteiger partial charge on any atom is 0.0828 e. The molecule has 0 atom stereocenters. The van der Waals surface area contributed by atoms with Gasteiger partial charge in [-0.2, -0.15) is 10.2 Å². The monoisotopic (exact) mass is 289 g/mol. The summed E-state index contributed by atoms with van der Waals surface area (Å²) in [5.74, 6) is 0. The first-order valence-electron chi connectivity index (χ1n) is 7.60. The highest BCUT2D eigenvalue weighted by atomic mass is 15.3. The van der Waals surface area contributed by atoms with Crippen LogP contribution in [0.15, 0.2) is 12.3 Å². The van der Waals surface area contributed by atoms with Crippen LogP contribution in [0.25, 0.3) is 0 Å². The van der Waals surface area contributed by atoms with E-state index < -0.39 is 0 Å². The van der Waals surface area contributed by atoms with Crippen molar-refractivity contribution in [2.24, 2.45) is 0 Å². The molecule has 0 amide bonds. The average Bonchev–Trinajstić information content (AvgIpc) is 2.89. The van der Waals surface area contributed by atoms with Gasteiger partial charge in [-0.3, -0.25) is 9.36 Å². The van der Waals surface area contributed by atoms with Crippen molar-refractivity contribution in [3.8, 4) is 0 Å². The van der Waals surface area contributed by atoms with Crippen LogP contribution in [0.2, 0.25) is 0 Å². The molecule has 0 fully saturated rings. The number of hydrogen-bond acceptors (Lipinski definition) is 3. The summed E-state index contributed by atoms with van der Waals surface area (Å²) in [7, 11) is 0. The molecule has 0 aliphatic heterocycles. The van der Waals surface area contributed by atoms with E-state index >= 15 is 0 Å². The van der Waals surface area contributed by atoms with Crippen LogP contribution in [0.5, 0.6) is 0 Å². The van der Waals surface area contributed by atoms with Crippen molar-refractivity contribution < 1.29 is 0 Å². The minimum Gasteiger partial charge on any atom is -0.308 e. The van der Waals surface area contributed by atoms with Crippen molar-refractivity contribution in [2.45, 2.75) is 66.7 Å². The van der Waals surface area contributed by atoms with Crippen molar-refractivity contribution >= 4 is 0 Å². The first kappa shape index (κ1) is 15.8. The third kappa shape index (κ3) is 4.17. The topological polar surface area (TPSA) is 47.7 Å². The Morgan fingerprint density at radius 2 is 1.90 bits per heavy atom. The molecule has 0 spiro atoms. The summed E-state index contributed by atoms with van der Waals surface area (Å²) in [6, 6.07) is 2.13. The van der Waals surface area contributed by atoms with E-state index in [0.717, 1.165) is 31.0 Å². The van der Waals surface area contributed by atoms with E-state index in [1.165, 1.54) is 11.3 Å². The van der Waals surface area contributed by atoms with Crippen LogP contribution in [0, 0.1) is 13.8 Å². The summed E-state index contributed by atoms with van der Waals surface area (Å²) in [5.41, 5.74) is 4.72. The zero-order chi connectivity index (χ0) is 15.6. The molecule has 0 bridgehead atoms. The minimum absolute atomic E-state index is 0.118. The number of aryl methyl sites for hydroxylation is 3. The number of nitrogens with one attached hydrogen (secondary N) is 1. The van der Waals surface area contributed by atoms with Gasteiger partial charge in [-0.05, 0) is 47.6 Å². The Morgan fingerprint density at radius 3 is 2.52 bits per heavy atom. The maximum atomic E-state index is 4.63. The molecule has 2 aromatic heterocycles. The van der Waals surface area contributed by atoms with Crippen LogP contribution in [-0.2, 0) is 19.6 Å². The number of hydrogen-bond donors (Lipinski definition) is 1. The van der Waals surface area contributed by atoms with E-state index in [1.807, 2.05) is 16.3 Å². The first-order valence-corrected chi connectivity index (χ1v) is 7.60. The van der Waals surface area contributed by atoms with Gasteiger partial charge in [-0.25, -0.2) is 0 Å². The number of aromatic nitrogens is 4. The Labute approximate surface area is 127 Å². The molecule has 0 radical (unpaired) electrons. The van der Waals surface area contributed by atoms with Crippen LogP contribution in [0.1, 0.15) is 50.3 Å². The van der Waals surface area contributed by atoms with Gasteiger partial charge in [-0.1, -0.05) is 0 Å². The van der Waals surface area contributed by atoms with Crippen LogP contribution in [0.4, 0.5) is 0 Å². The summed E-state index contributed by atoms with van der Waals surface area (Å²) < 4.78 is 4.05. The standard InChI is InChI=1S/C16H27N5/c1-7-21-15(8-12(2)18-21)11-20-10-14(13(3)19-20)9-17-16(4,5)6/h8,10,17H,7,9,11H2,1-6H3. The van der Waals surface area contributed by atoms with Crippen molar-refractivity contribution in [3.05, 3.63) is 34.9 Å². The van der Waals surface area contributed by atoms with Gasteiger partial charge in [0.15, 0.2) is 0 Å². The Balaban J connectivity index is 2.11. The van der Waals surface area contributed by atoms with Gasteiger partial charge in [0.2, 0.25) is 0 Å². The Morgan fingerprint density at radius 1 is 1.19 bits per heavy atom. The molecule has 5 nitrogen and oxygen atoms in total. The molecule has 5 heteroatoms. The zero-order valence-electron chi connectivity index (χ0n) is 14.1. The third-order valence-electron chi connectivity index (χ3n) is 3.47. The molecule has 0 saturated heterocycles. The highest BCUT2D eigenvalue weighted by molar-refractivity contribution is 5.17. The van der Waals surface area contributed by atoms with Crippen molar-refractivity contribution in [1.82, 2.24) is 24.9 Å². The largest absolute Gasteiger partial charge is 0.308 e. The van der Waals surface area contributed by atoms with E-state index in [1.54, 1.807) is 0 Å². The smallest absolute Gasteiger partial charge is 0.0828 e. The fraction of sp³-hybridized carbons (Fsp3) is 0.625. The van der Waals surface area contributed by atoms with Gasteiger partial charge in [0.05, 0.1) is 23.6 Å². The van der Waals surface area contributed by atoms with E-state index in [9.17, 15) is 0 Å². The summed E-state index contributed by atoms with van der Waals surface area (Å²) in [5, 5.41) is 12.6. The lowest BCUT2D eigenvalue weighted by Crippen LogP contribution is -2.35. The van der Waals surface area contributed by atoms with E-state index in [0.29, 0.717) is 0 Å². The molecule has 116 valence electrons. The van der Waals surface area contributed by atoms with E-state index in [4.69, 9.17) is 0 Å². The lowest BCUT2D eigenvalue weighted by molar-refractivity contribution is 0.423. The van der Waals surface area contributed by atoms with Crippen LogP contribution in [0.3, 0.4) is 0 Å². The van der Waals surface area contributed by atoms with E-state index in [-0.39, 0.29) is 5.54 Å². The van der Waals surface area contributed by atoms with Crippen LogP contribution < -0.4 is 5.32 Å². The van der Waals surface area contributed by atoms with Gasteiger partial charge in [0.25, 0.3) is 0 Å². The minimum atomic E-state index is 0.118. The molecule has 0 unspecified atom stereocenters. The highest BCUT2D eigenvalue weighted by Gasteiger charge is 2.12. The van der Waals surface area contributed by atoms with Crippen molar-refractivity contribution in [3.63, 3.8) is 0 Å². The maximum absolute atomic E-state index is 4.63. The lowest BCUT2D eigenvalue weighted by Gasteiger charge is -2.20. The molecule has 0 aromatic carbocycles. The molecular weight excluding hydrogens is 262 g/mol. The van der Waals surface area contributed by atoms with Gasteiger partial charge in [0.1, 0.15) is 0 Å².